The van der Waals surface area contributed by atoms with Gasteiger partial charge < -0.3 is 14.3 Å². The summed E-state index contributed by atoms with van der Waals surface area (Å²) in [5, 5.41) is 14.8. The fraction of sp³-hybridized carbons (Fsp3) is 0.0392. The van der Waals surface area contributed by atoms with E-state index in [-0.39, 0.29) is 12.3 Å². The Morgan fingerprint density at radius 3 is 1.93 bits per heavy atom. The number of hydrogen-bond donors (Lipinski definition) is 2. The molecule has 3 aromatic heterocycles. The molecule has 5 nitrogen and oxygen atoms in total. The van der Waals surface area contributed by atoms with Crippen LogP contribution in [0.4, 0.5) is 0 Å². The van der Waals surface area contributed by atoms with Crippen molar-refractivity contribution in [1.29, 1.82) is 0 Å². The van der Waals surface area contributed by atoms with Crippen molar-refractivity contribution in [3.63, 3.8) is 0 Å². The van der Waals surface area contributed by atoms with Gasteiger partial charge in [0, 0.05) is 41.9 Å². The number of amidine groups is 1. The van der Waals surface area contributed by atoms with Gasteiger partial charge in [0.05, 0.1) is 22.1 Å². The third-order valence-corrected chi connectivity index (χ3v) is 12.6. The summed E-state index contributed by atoms with van der Waals surface area (Å²) >= 11 is 1.84. The summed E-state index contributed by atoms with van der Waals surface area (Å²) in [6.07, 6.45) is -0.363. The second-order valence-corrected chi connectivity index (χ2v) is 15.8. The zero-order valence-corrected chi connectivity index (χ0v) is 31.5. The van der Waals surface area contributed by atoms with Crippen molar-refractivity contribution in [1.82, 2.24) is 15.2 Å². The molecule has 0 saturated heterocycles. The van der Waals surface area contributed by atoms with Gasteiger partial charge in [0.1, 0.15) is 29.3 Å². The molecule has 0 amide bonds. The standard InChI is InChI=1S/C51H34N4OS/c1-3-14-31(15-4-1)49-52-50(32-16-5-2-6-17-32)54-51(53-49)33-28-29-44-38(30-33)46-36(21-12-27-45(46)57-44)37-20-11-25-42-47(37)48-41(24-13-26-43(48)56-42)55-39-22-9-7-18-34(39)35-19-8-10-23-40(35)55/h1-30,49,51,53H,(H,52,54). The molecule has 2 unspecified atom stereocenters. The number of furan rings is 1. The molecule has 57 heavy (non-hydrogen) atoms. The van der Waals surface area contributed by atoms with Crippen LogP contribution in [0, 0.1) is 0 Å². The number of thiophene rings is 1. The van der Waals surface area contributed by atoms with Crippen LogP contribution in [0.15, 0.2) is 191 Å². The number of fused-ring (bicyclic) bond motifs is 9. The summed E-state index contributed by atoms with van der Waals surface area (Å²) in [4.78, 5) is 5.15. The Labute approximate surface area is 332 Å². The Balaban J connectivity index is 1.06. The second-order valence-electron chi connectivity index (χ2n) is 14.7. The smallest absolute Gasteiger partial charge is 0.137 e. The summed E-state index contributed by atoms with van der Waals surface area (Å²) in [5.41, 5.74) is 10.9. The maximum atomic E-state index is 6.71. The number of nitrogens with one attached hydrogen (secondary N) is 2. The van der Waals surface area contributed by atoms with Gasteiger partial charge in [-0.3, -0.25) is 5.32 Å². The van der Waals surface area contributed by atoms with Crippen molar-refractivity contribution >= 4 is 81.1 Å². The number of nitrogens with zero attached hydrogens (tertiary/aromatic N) is 2. The molecule has 0 bridgehead atoms. The van der Waals surface area contributed by atoms with Gasteiger partial charge in [-0.15, -0.1) is 11.3 Å². The van der Waals surface area contributed by atoms with Crippen LogP contribution in [0.2, 0.25) is 0 Å². The Morgan fingerprint density at radius 2 is 1.16 bits per heavy atom. The highest BCUT2D eigenvalue weighted by atomic mass is 32.1. The molecule has 0 fully saturated rings. The van der Waals surface area contributed by atoms with Crippen molar-refractivity contribution in [3.05, 3.63) is 199 Å². The van der Waals surface area contributed by atoms with Crippen LogP contribution in [0.25, 0.3) is 80.7 Å². The van der Waals surface area contributed by atoms with Crippen LogP contribution < -0.4 is 10.6 Å². The lowest BCUT2D eigenvalue weighted by atomic mass is 9.94. The molecule has 0 saturated carbocycles. The van der Waals surface area contributed by atoms with Crippen molar-refractivity contribution in [2.75, 3.05) is 0 Å². The van der Waals surface area contributed by atoms with E-state index in [1.165, 1.54) is 47.5 Å². The van der Waals surface area contributed by atoms with Gasteiger partial charge >= 0.3 is 0 Å². The Hall–Kier alpha value is -6.99. The fourth-order valence-electron chi connectivity index (χ4n) is 8.97. The van der Waals surface area contributed by atoms with E-state index in [0.717, 1.165) is 55.7 Å². The van der Waals surface area contributed by atoms with Crippen molar-refractivity contribution in [2.45, 2.75) is 12.3 Å². The number of aliphatic imine (C=N–C) groups is 1. The quantitative estimate of drug-likeness (QED) is 0.184. The zero-order valence-electron chi connectivity index (χ0n) is 30.7. The highest BCUT2D eigenvalue weighted by Crippen LogP contribution is 2.46. The zero-order chi connectivity index (χ0) is 37.5. The summed E-state index contributed by atoms with van der Waals surface area (Å²) < 4.78 is 11.6. The van der Waals surface area contributed by atoms with Gasteiger partial charge in [-0.25, -0.2) is 4.99 Å². The molecule has 1 aliphatic heterocycles. The van der Waals surface area contributed by atoms with Crippen LogP contribution in [0.1, 0.15) is 29.0 Å². The summed E-state index contributed by atoms with van der Waals surface area (Å²) in [7, 11) is 0. The molecule has 1 aliphatic rings. The van der Waals surface area contributed by atoms with Gasteiger partial charge in [-0.1, -0.05) is 133 Å². The summed E-state index contributed by atoms with van der Waals surface area (Å²) in [6, 6.07) is 64.9. The van der Waals surface area contributed by atoms with E-state index in [2.05, 4.69) is 191 Å². The van der Waals surface area contributed by atoms with E-state index >= 15 is 0 Å². The highest BCUT2D eigenvalue weighted by molar-refractivity contribution is 7.26. The summed E-state index contributed by atoms with van der Waals surface area (Å²) in [5.74, 6) is 0.877. The third-order valence-electron chi connectivity index (χ3n) is 11.5. The van der Waals surface area contributed by atoms with Crippen molar-refractivity contribution in [3.8, 4) is 16.8 Å². The Morgan fingerprint density at radius 1 is 0.509 bits per heavy atom. The second kappa shape index (κ2) is 12.8. The van der Waals surface area contributed by atoms with Gasteiger partial charge in [0.2, 0.25) is 0 Å². The van der Waals surface area contributed by atoms with Crippen LogP contribution in [-0.2, 0) is 0 Å². The summed E-state index contributed by atoms with van der Waals surface area (Å²) in [6.45, 7) is 0. The van der Waals surface area contributed by atoms with Crippen molar-refractivity contribution in [2.24, 2.45) is 4.99 Å². The van der Waals surface area contributed by atoms with E-state index in [1.807, 2.05) is 17.4 Å². The maximum absolute atomic E-state index is 6.71. The predicted molar refractivity (Wildman–Crippen MR) is 238 cm³/mol. The monoisotopic (exact) mass is 750 g/mol. The molecule has 270 valence electrons. The average molecular weight is 751 g/mol. The molecule has 11 aromatic rings. The molecule has 12 rings (SSSR count). The van der Waals surface area contributed by atoms with E-state index in [0.29, 0.717) is 0 Å². The third kappa shape index (κ3) is 5.08. The van der Waals surface area contributed by atoms with Crippen LogP contribution in [0.3, 0.4) is 0 Å². The number of hydrogen-bond acceptors (Lipinski definition) is 5. The minimum atomic E-state index is -0.200. The fourth-order valence-corrected chi connectivity index (χ4v) is 10.1. The van der Waals surface area contributed by atoms with E-state index in [1.54, 1.807) is 0 Å². The SMILES string of the molecule is c1ccc(C2=NC(c3ccccc3)NC(c3ccc4sc5cccc(-c6cccc7oc8cccc(-n9c%10ccccc%10c%10ccccc%109)c8c67)c5c4c3)N2)cc1. The topological polar surface area (TPSA) is 54.5 Å². The first kappa shape index (κ1) is 32.3. The minimum absolute atomic E-state index is 0.163. The van der Waals surface area contributed by atoms with Crippen molar-refractivity contribution < 1.29 is 4.42 Å². The van der Waals surface area contributed by atoms with E-state index in [4.69, 9.17) is 9.41 Å². The van der Waals surface area contributed by atoms with Gasteiger partial charge in [-0.2, -0.15) is 0 Å². The lowest BCUT2D eigenvalue weighted by molar-refractivity contribution is 0.409. The number of aromatic nitrogens is 1. The lowest BCUT2D eigenvalue weighted by Gasteiger charge is -2.32. The normalized spacial score (nSPS) is 15.9. The number of rotatable bonds is 5. The Kier molecular flexibility index (Phi) is 7.24. The predicted octanol–water partition coefficient (Wildman–Crippen LogP) is 13.1. The first-order valence-electron chi connectivity index (χ1n) is 19.4. The number of benzene rings is 8. The molecule has 8 aromatic carbocycles. The lowest BCUT2D eigenvalue weighted by Crippen LogP contribution is -2.44. The molecule has 0 aliphatic carbocycles. The molecule has 0 spiro atoms. The number of para-hydroxylation sites is 2. The average Bonchev–Trinajstić information content (AvgIpc) is 3.96. The molecular formula is C51H34N4OS. The van der Waals surface area contributed by atoms with Crippen LogP contribution in [-0.4, -0.2) is 10.4 Å². The minimum Gasteiger partial charge on any atom is -0.456 e. The molecule has 2 atom stereocenters. The molecule has 2 N–H and O–H groups in total. The van der Waals surface area contributed by atoms with Crippen LogP contribution >= 0.6 is 11.3 Å². The van der Waals surface area contributed by atoms with E-state index < -0.39 is 0 Å². The van der Waals surface area contributed by atoms with E-state index in [9.17, 15) is 0 Å². The Bertz CT molecular complexity index is 3320. The van der Waals surface area contributed by atoms with Gasteiger partial charge in [-0.05, 0) is 70.8 Å². The largest absolute Gasteiger partial charge is 0.456 e. The first-order valence-corrected chi connectivity index (χ1v) is 20.2. The first-order chi connectivity index (χ1) is 28.3. The van der Waals surface area contributed by atoms with Gasteiger partial charge in [0.25, 0.3) is 0 Å². The molecule has 6 heteroatoms. The van der Waals surface area contributed by atoms with Crippen LogP contribution in [0.5, 0.6) is 0 Å². The molecule has 4 heterocycles. The molecule has 0 radical (unpaired) electrons. The maximum Gasteiger partial charge on any atom is 0.137 e. The van der Waals surface area contributed by atoms with Gasteiger partial charge in [0.15, 0.2) is 0 Å². The molecular weight excluding hydrogens is 717 g/mol. The highest BCUT2D eigenvalue weighted by Gasteiger charge is 2.27.